The number of hydrogen-bond acceptors (Lipinski definition) is 4. The van der Waals surface area contributed by atoms with Gasteiger partial charge in [-0.25, -0.2) is 9.97 Å². The van der Waals surface area contributed by atoms with Gasteiger partial charge in [-0.1, -0.05) is 0 Å². The maximum Gasteiger partial charge on any atom is 0.115 e. The number of rotatable bonds is 2. The zero-order valence-corrected chi connectivity index (χ0v) is 7.81. The van der Waals surface area contributed by atoms with E-state index in [1.165, 1.54) is 6.33 Å². The first-order valence-electron chi connectivity index (χ1n) is 4.29. The van der Waals surface area contributed by atoms with Crippen molar-refractivity contribution in [2.24, 2.45) is 0 Å². The molecule has 14 heavy (non-hydrogen) atoms. The van der Waals surface area contributed by atoms with Gasteiger partial charge in [-0.05, 0) is 12.1 Å². The molecule has 2 heterocycles. The molecule has 70 valence electrons. The number of hydrogen-bond donors (Lipinski definition) is 1. The van der Waals surface area contributed by atoms with Gasteiger partial charge in [0.15, 0.2) is 0 Å². The highest BCUT2D eigenvalue weighted by Gasteiger charge is 1.99. The van der Waals surface area contributed by atoms with Crippen LogP contribution in [0, 0.1) is 0 Å². The first kappa shape index (κ1) is 8.62. The second-order valence-corrected chi connectivity index (χ2v) is 2.81. The minimum absolute atomic E-state index is 0.873. The number of aromatic nitrogens is 3. The first-order valence-corrected chi connectivity index (χ1v) is 4.29. The maximum atomic E-state index is 4.24. The molecule has 4 heteroatoms. The lowest BCUT2D eigenvalue weighted by molar-refractivity contribution is 1.16. The third-order valence-corrected chi connectivity index (χ3v) is 1.90. The number of nitrogens with zero attached hydrogens (tertiary/aromatic N) is 3. The summed E-state index contributed by atoms with van der Waals surface area (Å²) in [6, 6.07) is 3.87. The standard InChI is InChI=1S/C10H10N4/c1-11-9-2-3-14-10(4-9)8-5-12-7-13-6-8/h2-7H,1H3,(H,11,14). The van der Waals surface area contributed by atoms with Crippen molar-refractivity contribution in [3.05, 3.63) is 37.1 Å². The van der Waals surface area contributed by atoms with E-state index in [1.807, 2.05) is 19.2 Å². The number of nitrogens with one attached hydrogen (secondary N) is 1. The van der Waals surface area contributed by atoms with Crippen LogP contribution in [0.3, 0.4) is 0 Å². The maximum absolute atomic E-state index is 4.24. The lowest BCUT2D eigenvalue weighted by atomic mass is 10.2. The molecule has 0 amide bonds. The average molecular weight is 186 g/mol. The molecule has 0 unspecified atom stereocenters. The van der Waals surface area contributed by atoms with E-state index in [2.05, 4.69) is 20.3 Å². The topological polar surface area (TPSA) is 50.7 Å². The van der Waals surface area contributed by atoms with Gasteiger partial charge < -0.3 is 5.32 Å². The molecule has 2 rings (SSSR count). The predicted molar refractivity (Wildman–Crippen MR) is 54.8 cm³/mol. The highest BCUT2D eigenvalue weighted by molar-refractivity contribution is 5.61. The van der Waals surface area contributed by atoms with Crippen LogP contribution in [0.2, 0.25) is 0 Å². The van der Waals surface area contributed by atoms with Crippen molar-refractivity contribution < 1.29 is 0 Å². The lowest BCUT2D eigenvalue weighted by Gasteiger charge is -2.02. The molecule has 0 saturated heterocycles. The Morgan fingerprint density at radius 3 is 2.71 bits per heavy atom. The number of anilines is 1. The van der Waals surface area contributed by atoms with Gasteiger partial charge in [0, 0.05) is 36.9 Å². The second-order valence-electron chi connectivity index (χ2n) is 2.81. The van der Waals surface area contributed by atoms with Gasteiger partial charge in [0.25, 0.3) is 0 Å². The Bertz CT molecular complexity index is 413. The van der Waals surface area contributed by atoms with E-state index in [9.17, 15) is 0 Å². The van der Waals surface area contributed by atoms with Crippen molar-refractivity contribution in [3.63, 3.8) is 0 Å². The molecule has 0 saturated carbocycles. The molecule has 2 aromatic rings. The summed E-state index contributed by atoms with van der Waals surface area (Å²) >= 11 is 0. The van der Waals surface area contributed by atoms with E-state index in [0.29, 0.717) is 0 Å². The van der Waals surface area contributed by atoms with Crippen LogP contribution in [-0.4, -0.2) is 22.0 Å². The Labute approximate surface area is 82.1 Å². The summed E-state index contributed by atoms with van der Waals surface area (Å²) in [5.74, 6) is 0. The van der Waals surface area contributed by atoms with Crippen molar-refractivity contribution in [1.29, 1.82) is 0 Å². The van der Waals surface area contributed by atoms with Gasteiger partial charge in [0.2, 0.25) is 0 Å². The molecule has 0 atom stereocenters. The molecule has 0 spiro atoms. The van der Waals surface area contributed by atoms with Crippen LogP contribution >= 0.6 is 0 Å². The third-order valence-electron chi connectivity index (χ3n) is 1.90. The SMILES string of the molecule is CNc1ccnc(-c2cncnc2)c1. The Morgan fingerprint density at radius 1 is 1.21 bits per heavy atom. The van der Waals surface area contributed by atoms with E-state index in [-0.39, 0.29) is 0 Å². The number of pyridine rings is 1. The van der Waals surface area contributed by atoms with Gasteiger partial charge in [-0.3, -0.25) is 4.98 Å². The van der Waals surface area contributed by atoms with E-state index in [1.54, 1.807) is 18.6 Å². The van der Waals surface area contributed by atoms with Crippen LogP contribution in [0.25, 0.3) is 11.3 Å². The van der Waals surface area contributed by atoms with Gasteiger partial charge in [0.1, 0.15) is 6.33 Å². The molecule has 0 fully saturated rings. The Balaban J connectivity index is 2.42. The van der Waals surface area contributed by atoms with Crippen LogP contribution in [0.1, 0.15) is 0 Å². The van der Waals surface area contributed by atoms with Gasteiger partial charge in [-0.2, -0.15) is 0 Å². The molecule has 1 N–H and O–H groups in total. The molecule has 2 aromatic heterocycles. The van der Waals surface area contributed by atoms with Crippen LogP contribution in [0.5, 0.6) is 0 Å². The lowest BCUT2D eigenvalue weighted by Crippen LogP contribution is -1.91. The molecular formula is C10H10N4. The van der Waals surface area contributed by atoms with E-state index < -0.39 is 0 Å². The van der Waals surface area contributed by atoms with Crippen molar-refractivity contribution >= 4 is 5.69 Å². The average Bonchev–Trinajstić information content (AvgIpc) is 2.30. The van der Waals surface area contributed by atoms with Crippen LogP contribution in [-0.2, 0) is 0 Å². The molecular weight excluding hydrogens is 176 g/mol. The van der Waals surface area contributed by atoms with Gasteiger partial charge >= 0.3 is 0 Å². The normalized spacial score (nSPS) is 9.79. The predicted octanol–water partition coefficient (Wildman–Crippen LogP) is 1.58. The van der Waals surface area contributed by atoms with E-state index in [0.717, 1.165) is 16.9 Å². The van der Waals surface area contributed by atoms with Crippen molar-refractivity contribution in [3.8, 4) is 11.3 Å². The van der Waals surface area contributed by atoms with Crippen LogP contribution < -0.4 is 5.32 Å². The van der Waals surface area contributed by atoms with E-state index in [4.69, 9.17) is 0 Å². The summed E-state index contributed by atoms with van der Waals surface area (Å²) in [6.07, 6.45) is 6.75. The van der Waals surface area contributed by atoms with Crippen LogP contribution in [0.15, 0.2) is 37.1 Å². The molecule has 0 aliphatic rings. The first-order chi connectivity index (χ1) is 6.90. The summed E-state index contributed by atoms with van der Waals surface area (Å²) in [4.78, 5) is 12.1. The second kappa shape index (κ2) is 3.83. The molecule has 0 aliphatic heterocycles. The highest BCUT2D eigenvalue weighted by Crippen LogP contribution is 2.17. The van der Waals surface area contributed by atoms with Gasteiger partial charge in [0.05, 0.1) is 5.69 Å². The fourth-order valence-corrected chi connectivity index (χ4v) is 1.18. The zero-order chi connectivity index (χ0) is 9.80. The fourth-order valence-electron chi connectivity index (χ4n) is 1.18. The summed E-state index contributed by atoms with van der Waals surface area (Å²) < 4.78 is 0. The largest absolute Gasteiger partial charge is 0.388 e. The van der Waals surface area contributed by atoms with Crippen molar-refractivity contribution in [1.82, 2.24) is 15.0 Å². The van der Waals surface area contributed by atoms with Crippen molar-refractivity contribution in [2.75, 3.05) is 12.4 Å². The molecule has 4 nitrogen and oxygen atoms in total. The minimum Gasteiger partial charge on any atom is -0.388 e. The minimum atomic E-state index is 0.873. The summed E-state index contributed by atoms with van der Waals surface area (Å²) in [5, 5.41) is 3.06. The molecule has 0 bridgehead atoms. The molecule has 0 radical (unpaired) electrons. The Kier molecular flexibility index (Phi) is 2.36. The van der Waals surface area contributed by atoms with Crippen molar-refractivity contribution in [2.45, 2.75) is 0 Å². The summed E-state index contributed by atoms with van der Waals surface area (Å²) in [6.45, 7) is 0. The molecule has 0 aromatic carbocycles. The Hall–Kier alpha value is -1.97. The van der Waals surface area contributed by atoms with Gasteiger partial charge in [-0.15, -0.1) is 0 Å². The Morgan fingerprint density at radius 2 is 2.00 bits per heavy atom. The van der Waals surface area contributed by atoms with E-state index >= 15 is 0 Å². The van der Waals surface area contributed by atoms with Crippen LogP contribution in [0.4, 0.5) is 5.69 Å². The quantitative estimate of drug-likeness (QED) is 0.773. The zero-order valence-electron chi connectivity index (χ0n) is 7.81. The summed E-state index contributed by atoms with van der Waals surface area (Å²) in [7, 11) is 1.88. The molecule has 0 aliphatic carbocycles. The smallest absolute Gasteiger partial charge is 0.115 e. The fraction of sp³-hybridized carbons (Fsp3) is 0.100. The monoisotopic (exact) mass is 186 g/mol. The highest BCUT2D eigenvalue weighted by atomic mass is 14.8. The summed E-state index contributed by atoms with van der Waals surface area (Å²) in [5.41, 5.74) is 2.82. The third kappa shape index (κ3) is 1.69.